The number of esters is 1. The largest absolute Gasteiger partial charge is 0.496 e. The molecule has 2 aromatic heterocycles. The predicted molar refractivity (Wildman–Crippen MR) is 188 cm³/mol. The minimum absolute atomic E-state index is 0.205. The van der Waals surface area contributed by atoms with Gasteiger partial charge in [0.15, 0.2) is 4.80 Å². The van der Waals surface area contributed by atoms with Crippen molar-refractivity contribution in [1.29, 1.82) is 0 Å². The Morgan fingerprint density at radius 1 is 1.11 bits per heavy atom. The maximum absolute atomic E-state index is 14.3. The van der Waals surface area contributed by atoms with Crippen molar-refractivity contribution in [1.82, 2.24) is 9.13 Å². The van der Waals surface area contributed by atoms with Crippen molar-refractivity contribution in [2.75, 3.05) is 13.7 Å². The maximum Gasteiger partial charge on any atom is 0.338 e. The number of para-hydroxylation sites is 1. The molecule has 0 saturated heterocycles. The first kappa shape index (κ1) is 32.3. The Morgan fingerprint density at radius 3 is 2.63 bits per heavy atom. The van der Waals surface area contributed by atoms with Crippen molar-refractivity contribution in [3.63, 3.8) is 0 Å². The third kappa shape index (κ3) is 6.09. The highest BCUT2D eigenvalue weighted by Crippen LogP contribution is 2.36. The van der Waals surface area contributed by atoms with Gasteiger partial charge in [-0.15, -0.1) is 0 Å². The molecule has 3 aromatic carbocycles. The number of ether oxygens (including phenoxy) is 2. The van der Waals surface area contributed by atoms with Crippen molar-refractivity contribution in [2.45, 2.75) is 39.3 Å². The number of hydrogen-bond acceptors (Lipinski definition) is 6. The Balaban J connectivity index is 1.54. The van der Waals surface area contributed by atoms with Gasteiger partial charge in [0.25, 0.3) is 5.56 Å². The molecular formula is C35H30BrCl2N3O4S. The molecule has 0 fully saturated rings. The zero-order valence-electron chi connectivity index (χ0n) is 25.4. The molecule has 11 heteroatoms. The van der Waals surface area contributed by atoms with E-state index in [1.54, 1.807) is 24.7 Å². The molecule has 0 bridgehead atoms. The Bertz CT molecular complexity index is 2200. The van der Waals surface area contributed by atoms with E-state index in [9.17, 15) is 9.59 Å². The molecule has 1 atom stereocenters. The first-order valence-corrected chi connectivity index (χ1v) is 17.2. The van der Waals surface area contributed by atoms with Crippen LogP contribution in [0.3, 0.4) is 0 Å². The Kier molecular flexibility index (Phi) is 9.57. The Labute approximate surface area is 288 Å². The van der Waals surface area contributed by atoms with Crippen LogP contribution in [-0.4, -0.2) is 28.8 Å². The van der Waals surface area contributed by atoms with Gasteiger partial charge in [0, 0.05) is 39.3 Å². The number of aromatic nitrogens is 2. The molecule has 0 aliphatic carbocycles. The second-order valence-electron chi connectivity index (χ2n) is 10.8. The van der Waals surface area contributed by atoms with Gasteiger partial charge in [-0.2, -0.15) is 0 Å². The fourth-order valence-electron chi connectivity index (χ4n) is 5.78. The molecule has 1 aliphatic heterocycles. The van der Waals surface area contributed by atoms with Gasteiger partial charge in [-0.05, 0) is 76.8 Å². The summed E-state index contributed by atoms with van der Waals surface area (Å²) in [6.07, 6.45) is 5.26. The van der Waals surface area contributed by atoms with Crippen molar-refractivity contribution < 1.29 is 14.3 Å². The van der Waals surface area contributed by atoms with E-state index in [0.29, 0.717) is 53.8 Å². The van der Waals surface area contributed by atoms with Crippen LogP contribution in [0, 0.1) is 0 Å². The van der Waals surface area contributed by atoms with E-state index >= 15 is 0 Å². The molecular weight excluding hydrogens is 709 g/mol. The number of allylic oxidation sites excluding steroid dienone is 1. The smallest absolute Gasteiger partial charge is 0.338 e. The zero-order chi connectivity index (χ0) is 32.5. The predicted octanol–water partition coefficient (Wildman–Crippen LogP) is 7.66. The lowest BCUT2D eigenvalue weighted by Gasteiger charge is -2.26. The molecule has 1 aliphatic rings. The number of hydrogen-bond donors (Lipinski definition) is 0. The van der Waals surface area contributed by atoms with Crippen LogP contribution in [0.2, 0.25) is 10.0 Å². The average molecular weight is 740 g/mol. The van der Waals surface area contributed by atoms with Crippen molar-refractivity contribution in [3.05, 3.63) is 129 Å². The third-order valence-electron chi connectivity index (χ3n) is 7.85. The van der Waals surface area contributed by atoms with Gasteiger partial charge in [0.2, 0.25) is 0 Å². The molecule has 0 N–H and O–H groups in total. The van der Waals surface area contributed by atoms with Crippen LogP contribution in [0.4, 0.5) is 0 Å². The first-order valence-electron chi connectivity index (χ1n) is 14.8. The second kappa shape index (κ2) is 13.6. The summed E-state index contributed by atoms with van der Waals surface area (Å²) >= 11 is 17.5. The van der Waals surface area contributed by atoms with Crippen LogP contribution in [0.25, 0.3) is 17.0 Å². The van der Waals surface area contributed by atoms with Crippen molar-refractivity contribution >= 4 is 73.4 Å². The second-order valence-corrected chi connectivity index (χ2v) is 13.5. The highest BCUT2D eigenvalue weighted by atomic mass is 79.9. The molecule has 0 saturated carbocycles. The standard InChI is InChI=1S/C35H30BrCl2N3O4S/c1-4-8-27-31(34(43)45-5-2)32(20-12-14-29(44-3)25(36)15-20)41-33(42)30(46-35(41)39-27)16-22-19-40(28-10-7-6-9-24(22)28)18-21-11-13-23(37)17-26(21)38/h6-7,9-17,19,32H,4-5,8,18H2,1-3H3/b30-16+. The van der Waals surface area contributed by atoms with Gasteiger partial charge in [-0.1, -0.05) is 78.2 Å². The molecule has 6 rings (SSSR count). The molecule has 7 nitrogen and oxygen atoms in total. The molecule has 236 valence electrons. The number of nitrogens with zero attached hydrogens (tertiary/aromatic N) is 3. The minimum atomic E-state index is -0.727. The van der Waals surface area contributed by atoms with Gasteiger partial charge in [0.1, 0.15) is 5.75 Å². The average Bonchev–Trinajstić information content (AvgIpc) is 3.54. The number of carbonyl (C=O) groups is 1. The van der Waals surface area contributed by atoms with Crippen LogP contribution >= 0.6 is 50.5 Å². The maximum atomic E-state index is 14.3. The summed E-state index contributed by atoms with van der Waals surface area (Å²) in [7, 11) is 1.59. The van der Waals surface area contributed by atoms with E-state index < -0.39 is 12.0 Å². The van der Waals surface area contributed by atoms with Crippen LogP contribution in [0.1, 0.15) is 49.4 Å². The summed E-state index contributed by atoms with van der Waals surface area (Å²) in [5, 5.41) is 2.16. The fraction of sp³-hybridized carbons (Fsp3) is 0.229. The van der Waals surface area contributed by atoms with Crippen molar-refractivity contribution in [3.8, 4) is 5.75 Å². The fourth-order valence-corrected chi connectivity index (χ4v) is 7.82. The summed E-state index contributed by atoms with van der Waals surface area (Å²) in [4.78, 5) is 33.3. The number of thiazole rings is 1. The number of fused-ring (bicyclic) bond motifs is 2. The van der Waals surface area contributed by atoms with E-state index in [1.807, 2.05) is 73.8 Å². The molecule has 5 aromatic rings. The SMILES string of the molecule is CCCC1=C(C(=O)OCC)C(c2ccc(OC)c(Br)c2)n2c(s/c(=C/c3cn(Cc4ccc(Cl)cc4Cl)c4ccccc34)c2=O)=N1. The quantitative estimate of drug-likeness (QED) is 0.146. The van der Waals surface area contributed by atoms with Gasteiger partial charge in [-0.25, -0.2) is 9.79 Å². The topological polar surface area (TPSA) is 74.8 Å². The zero-order valence-corrected chi connectivity index (χ0v) is 29.3. The molecule has 46 heavy (non-hydrogen) atoms. The molecule has 1 unspecified atom stereocenters. The number of carbonyl (C=O) groups excluding carboxylic acids is 1. The Morgan fingerprint density at radius 2 is 1.91 bits per heavy atom. The molecule has 3 heterocycles. The van der Waals surface area contributed by atoms with E-state index in [-0.39, 0.29) is 12.2 Å². The van der Waals surface area contributed by atoms with Crippen LogP contribution in [0.5, 0.6) is 5.75 Å². The van der Waals surface area contributed by atoms with Gasteiger partial charge in [-0.3, -0.25) is 9.36 Å². The van der Waals surface area contributed by atoms with Crippen LogP contribution < -0.4 is 19.6 Å². The van der Waals surface area contributed by atoms with Crippen LogP contribution in [-0.2, 0) is 16.1 Å². The molecule has 0 amide bonds. The number of methoxy groups -OCH3 is 1. The Hall–Kier alpha value is -3.63. The highest BCUT2D eigenvalue weighted by Gasteiger charge is 2.34. The molecule has 0 spiro atoms. The summed E-state index contributed by atoms with van der Waals surface area (Å²) in [6.45, 7) is 4.54. The number of halogens is 3. The summed E-state index contributed by atoms with van der Waals surface area (Å²) in [5.41, 5.74) is 4.31. The molecule has 0 radical (unpaired) electrons. The van der Waals surface area contributed by atoms with Gasteiger partial charge >= 0.3 is 5.97 Å². The highest BCUT2D eigenvalue weighted by molar-refractivity contribution is 9.10. The number of rotatable bonds is 9. The lowest BCUT2D eigenvalue weighted by atomic mass is 9.94. The third-order valence-corrected chi connectivity index (χ3v) is 10.0. The lowest BCUT2D eigenvalue weighted by molar-refractivity contribution is -0.139. The van der Waals surface area contributed by atoms with E-state index in [2.05, 4.69) is 20.5 Å². The van der Waals surface area contributed by atoms with E-state index in [4.69, 9.17) is 37.7 Å². The first-order chi connectivity index (χ1) is 22.2. The summed E-state index contributed by atoms with van der Waals surface area (Å²) in [5.74, 6) is 0.160. The van der Waals surface area contributed by atoms with Crippen molar-refractivity contribution in [2.24, 2.45) is 4.99 Å². The minimum Gasteiger partial charge on any atom is -0.496 e. The van der Waals surface area contributed by atoms with E-state index in [1.165, 1.54) is 11.3 Å². The van der Waals surface area contributed by atoms with Gasteiger partial charge < -0.3 is 14.0 Å². The van der Waals surface area contributed by atoms with Gasteiger partial charge in [0.05, 0.1) is 40.0 Å². The number of benzene rings is 3. The monoisotopic (exact) mass is 737 g/mol. The van der Waals surface area contributed by atoms with E-state index in [0.717, 1.165) is 34.0 Å². The summed E-state index contributed by atoms with van der Waals surface area (Å²) < 4.78 is 15.9. The van der Waals surface area contributed by atoms with Crippen LogP contribution in [0.15, 0.2) is 92.4 Å². The normalized spacial score (nSPS) is 14.8. The summed E-state index contributed by atoms with van der Waals surface area (Å²) in [6, 6.07) is 18.4. The lowest BCUT2D eigenvalue weighted by Crippen LogP contribution is -2.40.